The van der Waals surface area contributed by atoms with Crippen LogP contribution in [0.15, 0.2) is 0 Å². The normalized spacial score (nSPS) is 14.2. The van der Waals surface area contributed by atoms with Gasteiger partial charge in [-0.15, -0.1) is 0 Å². The van der Waals surface area contributed by atoms with Crippen molar-refractivity contribution in [1.82, 2.24) is 0 Å². The van der Waals surface area contributed by atoms with Gasteiger partial charge in [0.25, 0.3) is 0 Å². The summed E-state index contributed by atoms with van der Waals surface area (Å²) in [5.41, 5.74) is 0. The summed E-state index contributed by atoms with van der Waals surface area (Å²) in [5, 5.41) is 19.9. The van der Waals surface area contributed by atoms with Crippen molar-refractivity contribution in [3.05, 3.63) is 0 Å². The van der Waals surface area contributed by atoms with Crippen LogP contribution in [0.5, 0.6) is 0 Å². The van der Waals surface area contributed by atoms with Crippen molar-refractivity contribution in [1.29, 1.82) is 0 Å². The SMILES string of the molecule is CCCCCCCCC[C@@H](O)CC[C@@H](O)CCCCCCC. The van der Waals surface area contributed by atoms with Crippen molar-refractivity contribution in [2.45, 2.75) is 129 Å². The Morgan fingerprint density at radius 2 is 0.773 bits per heavy atom. The molecule has 2 nitrogen and oxygen atoms in total. The van der Waals surface area contributed by atoms with E-state index in [2.05, 4.69) is 13.8 Å². The molecule has 2 heteroatoms. The molecule has 0 rings (SSSR count). The minimum atomic E-state index is -0.203. The van der Waals surface area contributed by atoms with E-state index in [1.54, 1.807) is 0 Å². The summed E-state index contributed by atoms with van der Waals surface area (Å²) in [6, 6.07) is 0. The molecule has 0 spiro atoms. The largest absolute Gasteiger partial charge is 0.393 e. The lowest BCUT2D eigenvalue weighted by Gasteiger charge is -2.14. The number of hydrogen-bond donors (Lipinski definition) is 2. The molecule has 22 heavy (non-hydrogen) atoms. The van der Waals surface area contributed by atoms with Gasteiger partial charge >= 0.3 is 0 Å². The molecule has 0 saturated heterocycles. The first kappa shape index (κ1) is 21.9. The molecule has 0 aliphatic heterocycles. The fourth-order valence-electron chi connectivity index (χ4n) is 2.99. The van der Waals surface area contributed by atoms with Crippen LogP contribution < -0.4 is 0 Å². The first-order chi connectivity index (χ1) is 10.7. The van der Waals surface area contributed by atoms with E-state index in [-0.39, 0.29) is 12.2 Å². The Kier molecular flexibility index (Phi) is 17.2. The number of rotatable bonds is 17. The Labute approximate surface area is 139 Å². The van der Waals surface area contributed by atoms with Crippen LogP contribution in [0.1, 0.15) is 117 Å². The van der Waals surface area contributed by atoms with Crippen molar-refractivity contribution >= 4 is 0 Å². The Bertz CT molecular complexity index is 206. The van der Waals surface area contributed by atoms with E-state index >= 15 is 0 Å². The van der Waals surface area contributed by atoms with Crippen LogP contribution in [0.2, 0.25) is 0 Å². The lowest BCUT2D eigenvalue weighted by atomic mass is 10.00. The Morgan fingerprint density at radius 3 is 1.14 bits per heavy atom. The molecular weight excluding hydrogens is 272 g/mol. The van der Waals surface area contributed by atoms with Crippen molar-refractivity contribution in [3.63, 3.8) is 0 Å². The van der Waals surface area contributed by atoms with Crippen molar-refractivity contribution in [3.8, 4) is 0 Å². The van der Waals surface area contributed by atoms with Crippen LogP contribution in [0, 0.1) is 0 Å². The highest BCUT2D eigenvalue weighted by Gasteiger charge is 2.09. The monoisotopic (exact) mass is 314 g/mol. The maximum Gasteiger partial charge on any atom is 0.0541 e. The van der Waals surface area contributed by atoms with Crippen LogP contribution in [0.3, 0.4) is 0 Å². The molecule has 0 aromatic rings. The van der Waals surface area contributed by atoms with Crippen LogP contribution in [-0.4, -0.2) is 22.4 Å². The molecule has 0 aliphatic rings. The van der Waals surface area contributed by atoms with Gasteiger partial charge in [0.2, 0.25) is 0 Å². The molecule has 0 heterocycles. The van der Waals surface area contributed by atoms with Crippen LogP contribution >= 0.6 is 0 Å². The van der Waals surface area contributed by atoms with E-state index in [4.69, 9.17) is 0 Å². The van der Waals surface area contributed by atoms with Gasteiger partial charge in [0.05, 0.1) is 12.2 Å². The van der Waals surface area contributed by atoms with E-state index < -0.39 is 0 Å². The van der Waals surface area contributed by atoms with Gasteiger partial charge in [-0.2, -0.15) is 0 Å². The van der Waals surface area contributed by atoms with E-state index in [0.29, 0.717) is 0 Å². The van der Waals surface area contributed by atoms with Crippen molar-refractivity contribution < 1.29 is 10.2 Å². The standard InChI is InChI=1S/C20H42O2/c1-3-5-7-9-10-12-14-16-20(22)18-17-19(21)15-13-11-8-6-4-2/h19-22H,3-18H2,1-2H3/t19-,20+/m0/s1. The second kappa shape index (κ2) is 17.3. The molecule has 0 aromatic heterocycles. The molecule has 0 amide bonds. The quantitative estimate of drug-likeness (QED) is 0.324. The smallest absolute Gasteiger partial charge is 0.0541 e. The fourth-order valence-corrected chi connectivity index (χ4v) is 2.99. The van der Waals surface area contributed by atoms with Gasteiger partial charge in [-0.25, -0.2) is 0 Å². The highest BCUT2D eigenvalue weighted by Crippen LogP contribution is 2.15. The van der Waals surface area contributed by atoms with Crippen LogP contribution in [-0.2, 0) is 0 Å². The second-order valence-electron chi connectivity index (χ2n) is 7.00. The van der Waals surface area contributed by atoms with E-state index in [9.17, 15) is 10.2 Å². The third-order valence-electron chi connectivity index (χ3n) is 4.61. The molecule has 0 bridgehead atoms. The zero-order valence-corrected chi connectivity index (χ0v) is 15.4. The lowest BCUT2D eigenvalue weighted by Crippen LogP contribution is -2.13. The third-order valence-corrected chi connectivity index (χ3v) is 4.61. The third kappa shape index (κ3) is 16.3. The van der Waals surface area contributed by atoms with Gasteiger partial charge in [-0.3, -0.25) is 0 Å². The summed E-state index contributed by atoms with van der Waals surface area (Å²) >= 11 is 0. The molecule has 0 aliphatic carbocycles. The minimum absolute atomic E-state index is 0.203. The van der Waals surface area contributed by atoms with E-state index in [1.165, 1.54) is 64.2 Å². The number of aliphatic hydroxyl groups excluding tert-OH is 2. The van der Waals surface area contributed by atoms with Gasteiger partial charge in [0, 0.05) is 0 Å². The van der Waals surface area contributed by atoms with Gasteiger partial charge in [0.1, 0.15) is 0 Å². The van der Waals surface area contributed by atoms with Crippen LogP contribution in [0.4, 0.5) is 0 Å². The van der Waals surface area contributed by atoms with Crippen LogP contribution in [0.25, 0.3) is 0 Å². The zero-order chi connectivity index (χ0) is 16.5. The summed E-state index contributed by atoms with van der Waals surface area (Å²) in [4.78, 5) is 0. The summed E-state index contributed by atoms with van der Waals surface area (Å²) in [6.45, 7) is 4.47. The maximum absolute atomic E-state index is 9.97. The van der Waals surface area contributed by atoms with Gasteiger partial charge in [0.15, 0.2) is 0 Å². The second-order valence-corrected chi connectivity index (χ2v) is 7.00. The molecular formula is C20H42O2. The highest BCUT2D eigenvalue weighted by atomic mass is 16.3. The highest BCUT2D eigenvalue weighted by molar-refractivity contribution is 4.62. The number of aliphatic hydroxyl groups is 2. The number of unbranched alkanes of at least 4 members (excludes halogenated alkanes) is 10. The predicted octanol–water partition coefficient (Wildman–Crippen LogP) is 5.99. The van der Waals surface area contributed by atoms with Gasteiger partial charge in [-0.1, -0.05) is 90.9 Å². The first-order valence-corrected chi connectivity index (χ1v) is 10.1. The topological polar surface area (TPSA) is 40.5 Å². The fraction of sp³-hybridized carbons (Fsp3) is 1.00. The lowest BCUT2D eigenvalue weighted by molar-refractivity contribution is 0.101. The maximum atomic E-state index is 9.97. The summed E-state index contributed by atoms with van der Waals surface area (Å²) in [7, 11) is 0. The van der Waals surface area contributed by atoms with Gasteiger partial charge in [-0.05, 0) is 25.7 Å². The van der Waals surface area contributed by atoms with E-state index in [1.807, 2.05) is 0 Å². The Balaban J connectivity index is 3.31. The Hall–Kier alpha value is -0.0800. The molecule has 134 valence electrons. The average Bonchev–Trinajstić information content (AvgIpc) is 2.52. The Morgan fingerprint density at radius 1 is 0.455 bits per heavy atom. The molecule has 0 aromatic carbocycles. The molecule has 0 unspecified atom stereocenters. The summed E-state index contributed by atoms with van der Waals surface area (Å²) < 4.78 is 0. The average molecular weight is 315 g/mol. The molecule has 2 atom stereocenters. The molecule has 0 fully saturated rings. The molecule has 0 radical (unpaired) electrons. The van der Waals surface area contributed by atoms with E-state index in [0.717, 1.165) is 38.5 Å². The zero-order valence-electron chi connectivity index (χ0n) is 15.4. The predicted molar refractivity (Wildman–Crippen MR) is 97.2 cm³/mol. The first-order valence-electron chi connectivity index (χ1n) is 10.1. The van der Waals surface area contributed by atoms with Gasteiger partial charge < -0.3 is 10.2 Å². The van der Waals surface area contributed by atoms with Crippen molar-refractivity contribution in [2.75, 3.05) is 0 Å². The molecule has 2 N–H and O–H groups in total. The van der Waals surface area contributed by atoms with Crippen molar-refractivity contribution in [2.24, 2.45) is 0 Å². The summed E-state index contributed by atoms with van der Waals surface area (Å²) in [6.07, 6.45) is 18.3. The molecule has 0 saturated carbocycles. The summed E-state index contributed by atoms with van der Waals surface area (Å²) in [5.74, 6) is 0. The minimum Gasteiger partial charge on any atom is -0.393 e. The number of hydrogen-bond acceptors (Lipinski definition) is 2.